The van der Waals surface area contributed by atoms with Gasteiger partial charge in [-0.1, -0.05) is 12.1 Å². The summed E-state index contributed by atoms with van der Waals surface area (Å²) in [5.74, 6) is -1.94. The number of nitrogens with one attached hydrogen (secondary N) is 2. The number of hydrogen-bond acceptors (Lipinski definition) is 6. The lowest BCUT2D eigenvalue weighted by Gasteiger charge is -2.28. The van der Waals surface area contributed by atoms with Gasteiger partial charge in [0.2, 0.25) is 5.91 Å². The van der Waals surface area contributed by atoms with E-state index in [1.807, 2.05) is 6.20 Å². The molecule has 2 aliphatic heterocycles. The number of carboxylic acids is 1. The van der Waals surface area contributed by atoms with E-state index in [1.54, 1.807) is 16.8 Å². The van der Waals surface area contributed by atoms with Gasteiger partial charge in [-0.15, -0.1) is 0 Å². The van der Waals surface area contributed by atoms with E-state index in [0.717, 1.165) is 17.8 Å². The van der Waals surface area contributed by atoms with Crippen LogP contribution in [0.1, 0.15) is 27.2 Å². The van der Waals surface area contributed by atoms with Crippen molar-refractivity contribution in [2.24, 2.45) is 0 Å². The monoisotopic (exact) mass is 356 g/mol. The Morgan fingerprint density at radius 1 is 1.38 bits per heavy atom. The molecular weight excluding hydrogens is 339 g/mol. The third-order valence-corrected chi connectivity index (χ3v) is 4.53. The third kappa shape index (κ3) is 3.04. The van der Waals surface area contributed by atoms with E-state index >= 15 is 0 Å². The number of aromatic nitrogens is 2. The number of carbonyl (C=O) groups is 2. The molecule has 1 aromatic carbocycles. The van der Waals surface area contributed by atoms with Crippen molar-refractivity contribution < 1.29 is 24.4 Å². The quantitative estimate of drug-likeness (QED) is 0.535. The summed E-state index contributed by atoms with van der Waals surface area (Å²) in [5.41, 5.74) is 2.64. The summed E-state index contributed by atoms with van der Waals surface area (Å²) in [4.78, 5) is 23.5. The molecule has 0 saturated heterocycles. The molecule has 0 radical (unpaired) electrons. The Balaban J connectivity index is 1.44. The summed E-state index contributed by atoms with van der Waals surface area (Å²) < 4.78 is 6.94. The molecule has 1 amide bonds. The van der Waals surface area contributed by atoms with Crippen LogP contribution < -0.4 is 15.3 Å². The first-order valence-electron chi connectivity index (χ1n) is 8.26. The second kappa shape index (κ2) is 6.47. The highest BCUT2D eigenvalue weighted by Crippen LogP contribution is 2.30. The summed E-state index contributed by atoms with van der Waals surface area (Å²) in [6.07, 6.45) is 2.11. The highest BCUT2D eigenvalue weighted by Gasteiger charge is 2.37. The van der Waals surface area contributed by atoms with Gasteiger partial charge in [-0.05, 0) is 18.1 Å². The molecule has 3 heterocycles. The van der Waals surface area contributed by atoms with Crippen LogP contribution in [0.3, 0.4) is 0 Å². The van der Waals surface area contributed by atoms with Crippen molar-refractivity contribution in [2.75, 3.05) is 0 Å². The number of carboxylic acid groups (broad SMARTS) is 1. The Hall–Kier alpha value is -2.85. The van der Waals surface area contributed by atoms with E-state index in [-0.39, 0.29) is 30.2 Å². The molecule has 1 aromatic heterocycles. The molecule has 2 aliphatic rings. The highest BCUT2D eigenvalue weighted by molar-refractivity contribution is 6.47. The number of hydrogen-bond donors (Lipinski definition) is 4. The maximum absolute atomic E-state index is 12.3. The number of carbonyl (C=O) groups excluding carboxylic acids is 1. The van der Waals surface area contributed by atoms with E-state index in [0.29, 0.717) is 12.1 Å². The summed E-state index contributed by atoms with van der Waals surface area (Å²) in [6.45, 7) is 1.48. The molecule has 0 fully saturated rings. The number of aromatic carboxylic acids is 1. The number of amides is 1. The standard InChI is InChI=1S/C16H17BN4O5/c22-14(8-21-7-10-5-18-6-12(10)20-21)19-13-4-9-2-1-3-11(16(23)24)15(9)26-17(13)25/h1-3,7,13,18,25H,4-6,8H2,(H,19,22)(H,23,24). The average Bonchev–Trinajstić information content (AvgIpc) is 3.16. The van der Waals surface area contributed by atoms with E-state index in [1.165, 1.54) is 6.07 Å². The first-order chi connectivity index (χ1) is 12.5. The Labute approximate surface area is 149 Å². The van der Waals surface area contributed by atoms with Crippen molar-refractivity contribution in [2.45, 2.75) is 32.0 Å². The molecule has 26 heavy (non-hydrogen) atoms. The maximum atomic E-state index is 12.3. The highest BCUT2D eigenvalue weighted by atomic mass is 16.5. The lowest BCUT2D eigenvalue weighted by molar-refractivity contribution is -0.122. The topological polar surface area (TPSA) is 126 Å². The molecule has 0 aliphatic carbocycles. The van der Waals surface area contributed by atoms with Crippen molar-refractivity contribution in [3.8, 4) is 5.75 Å². The molecule has 0 bridgehead atoms. The van der Waals surface area contributed by atoms with Crippen LogP contribution in [0.4, 0.5) is 0 Å². The van der Waals surface area contributed by atoms with Crippen LogP contribution in [0.25, 0.3) is 0 Å². The summed E-state index contributed by atoms with van der Waals surface area (Å²) in [6, 6.07) is 4.75. The predicted molar refractivity (Wildman–Crippen MR) is 90.4 cm³/mol. The number of nitrogens with zero attached hydrogens (tertiary/aromatic N) is 2. The zero-order valence-electron chi connectivity index (χ0n) is 13.8. The van der Waals surface area contributed by atoms with Crippen LogP contribution in [-0.4, -0.2) is 44.8 Å². The van der Waals surface area contributed by atoms with Gasteiger partial charge >= 0.3 is 13.1 Å². The minimum Gasteiger partial charge on any atom is -0.534 e. The van der Waals surface area contributed by atoms with E-state index in [4.69, 9.17) is 4.65 Å². The smallest absolute Gasteiger partial charge is 0.534 e. The molecule has 4 rings (SSSR count). The maximum Gasteiger partial charge on any atom is 0.547 e. The minimum atomic E-state index is -1.32. The van der Waals surface area contributed by atoms with Crippen molar-refractivity contribution in [3.63, 3.8) is 0 Å². The third-order valence-electron chi connectivity index (χ3n) is 4.53. The Morgan fingerprint density at radius 3 is 3.00 bits per heavy atom. The van der Waals surface area contributed by atoms with Crippen LogP contribution in [0.5, 0.6) is 5.75 Å². The molecule has 10 heteroatoms. The van der Waals surface area contributed by atoms with Gasteiger partial charge in [0.15, 0.2) is 0 Å². The van der Waals surface area contributed by atoms with Gasteiger partial charge in [-0.25, -0.2) is 4.79 Å². The second-order valence-corrected chi connectivity index (χ2v) is 6.39. The molecule has 1 unspecified atom stereocenters. The van der Waals surface area contributed by atoms with E-state index in [9.17, 15) is 19.7 Å². The van der Waals surface area contributed by atoms with Crippen LogP contribution in [0.15, 0.2) is 24.4 Å². The fourth-order valence-electron chi connectivity index (χ4n) is 3.31. The SMILES string of the molecule is O=C(Cn1cc2c(n1)CNC2)NC1Cc2cccc(C(=O)O)c2OB1O. The molecule has 9 nitrogen and oxygen atoms in total. The van der Waals surface area contributed by atoms with Crippen LogP contribution in [0, 0.1) is 0 Å². The number of benzene rings is 1. The minimum absolute atomic E-state index is 0.00834. The van der Waals surface area contributed by atoms with Crippen LogP contribution in [0.2, 0.25) is 0 Å². The van der Waals surface area contributed by atoms with Crippen molar-refractivity contribution in [3.05, 3.63) is 46.8 Å². The Bertz CT molecular complexity index is 862. The molecule has 0 saturated carbocycles. The molecular formula is C16H17BN4O5. The van der Waals surface area contributed by atoms with Crippen molar-refractivity contribution >= 4 is 19.0 Å². The summed E-state index contributed by atoms with van der Waals surface area (Å²) >= 11 is 0. The zero-order valence-corrected chi connectivity index (χ0v) is 13.8. The predicted octanol–water partition coefficient (Wildman–Crippen LogP) is -0.676. The van der Waals surface area contributed by atoms with Gasteiger partial charge in [-0.2, -0.15) is 5.10 Å². The summed E-state index contributed by atoms with van der Waals surface area (Å²) in [5, 5.41) is 29.6. The Morgan fingerprint density at radius 2 is 2.23 bits per heavy atom. The van der Waals surface area contributed by atoms with Gasteiger partial charge in [0.1, 0.15) is 12.3 Å². The van der Waals surface area contributed by atoms with Gasteiger partial charge in [0.05, 0.1) is 17.2 Å². The molecule has 4 N–H and O–H groups in total. The molecule has 2 aromatic rings. The number of para-hydroxylation sites is 1. The van der Waals surface area contributed by atoms with E-state index in [2.05, 4.69) is 15.7 Å². The van der Waals surface area contributed by atoms with Crippen molar-refractivity contribution in [1.82, 2.24) is 20.4 Å². The van der Waals surface area contributed by atoms with Crippen LogP contribution in [-0.2, 0) is 30.8 Å². The lowest BCUT2D eigenvalue weighted by Crippen LogP contribution is -2.53. The van der Waals surface area contributed by atoms with E-state index < -0.39 is 19.0 Å². The number of fused-ring (bicyclic) bond motifs is 2. The molecule has 1 atom stereocenters. The Kier molecular flexibility index (Phi) is 4.13. The van der Waals surface area contributed by atoms with Gasteiger partial charge in [0, 0.05) is 24.8 Å². The fraction of sp³-hybridized carbons (Fsp3) is 0.312. The van der Waals surface area contributed by atoms with Crippen molar-refractivity contribution in [1.29, 1.82) is 0 Å². The zero-order chi connectivity index (χ0) is 18.3. The van der Waals surface area contributed by atoms with Gasteiger partial charge in [0.25, 0.3) is 0 Å². The normalized spacial score (nSPS) is 18.0. The first kappa shape index (κ1) is 16.6. The second-order valence-electron chi connectivity index (χ2n) is 6.39. The summed E-state index contributed by atoms with van der Waals surface area (Å²) in [7, 11) is -1.32. The average molecular weight is 356 g/mol. The largest absolute Gasteiger partial charge is 0.547 e. The van der Waals surface area contributed by atoms with Gasteiger partial charge in [-0.3, -0.25) is 9.48 Å². The molecule has 134 valence electrons. The molecule has 0 spiro atoms. The van der Waals surface area contributed by atoms with Gasteiger partial charge < -0.3 is 25.4 Å². The fourth-order valence-corrected chi connectivity index (χ4v) is 3.31. The van der Waals surface area contributed by atoms with Crippen LogP contribution >= 0.6 is 0 Å². The number of rotatable bonds is 4. The first-order valence-corrected chi connectivity index (χ1v) is 8.26. The lowest BCUT2D eigenvalue weighted by atomic mass is 9.72.